The molecular weight excluding hydrogens is 282 g/mol. The number of aryl methyl sites for hydroxylation is 1. The summed E-state index contributed by atoms with van der Waals surface area (Å²) in [6.07, 6.45) is 5.07. The number of hydrogen-bond donors (Lipinski definition) is 1. The second-order valence-corrected chi connectivity index (χ2v) is 8.53. The summed E-state index contributed by atoms with van der Waals surface area (Å²) in [5.41, 5.74) is 6.93. The first-order valence-corrected chi connectivity index (χ1v) is 9.54. The highest BCUT2D eigenvalue weighted by molar-refractivity contribution is 7.92. The van der Waals surface area contributed by atoms with Gasteiger partial charge in [0.05, 0.1) is 10.1 Å². The molecule has 2 N–H and O–H groups in total. The van der Waals surface area contributed by atoms with Gasteiger partial charge in [-0.25, -0.2) is 8.42 Å². The number of sulfone groups is 1. The van der Waals surface area contributed by atoms with Gasteiger partial charge < -0.3 is 5.73 Å². The molecule has 1 aliphatic carbocycles. The summed E-state index contributed by atoms with van der Waals surface area (Å²) >= 11 is 0. The summed E-state index contributed by atoms with van der Waals surface area (Å²) in [5, 5.41) is -0.310. The van der Waals surface area contributed by atoms with Crippen LogP contribution in [0.1, 0.15) is 44.6 Å². The van der Waals surface area contributed by atoms with Gasteiger partial charge in [-0.05, 0) is 50.3 Å². The fourth-order valence-electron chi connectivity index (χ4n) is 3.50. The van der Waals surface area contributed by atoms with E-state index in [2.05, 4.69) is 6.92 Å². The highest BCUT2D eigenvalue weighted by Crippen LogP contribution is 2.37. The van der Waals surface area contributed by atoms with Gasteiger partial charge in [0, 0.05) is 0 Å². The second kappa shape index (κ2) is 6.93. The molecule has 1 aliphatic rings. The predicted molar refractivity (Wildman–Crippen MR) is 86.9 cm³/mol. The van der Waals surface area contributed by atoms with Crippen LogP contribution in [-0.2, 0) is 9.84 Å². The summed E-state index contributed by atoms with van der Waals surface area (Å²) in [6.45, 7) is 4.60. The summed E-state index contributed by atoms with van der Waals surface area (Å²) in [4.78, 5) is 0.452. The van der Waals surface area contributed by atoms with Crippen molar-refractivity contribution in [1.82, 2.24) is 0 Å². The fraction of sp³-hybridized carbons (Fsp3) is 0.647. The molecule has 0 heterocycles. The van der Waals surface area contributed by atoms with Crippen LogP contribution in [0.5, 0.6) is 0 Å². The molecule has 1 aromatic rings. The van der Waals surface area contributed by atoms with Gasteiger partial charge in [-0.1, -0.05) is 43.9 Å². The smallest absolute Gasteiger partial charge is 0.181 e. The standard InChI is InChI=1S/C17H27NO2S/c1-3-4-14-7-8-15(12-18)17(11-14)21(19,20)16-9-5-13(2)6-10-16/h5-6,9-10,14-15,17H,3-4,7-8,11-12,18H2,1-2H3. The molecule has 4 heteroatoms. The van der Waals surface area contributed by atoms with Gasteiger partial charge in [-0.2, -0.15) is 0 Å². The van der Waals surface area contributed by atoms with Crippen LogP contribution in [0.3, 0.4) is 0 Å². The first-order valence-electron chi connectivity index (χ1n) is 7.99. The highest BCUT2D eigenvalue weighted by atomic mass is 32.2. The van der Waals surface area contributed by atoms with Crippen molar-refractivity contribution in [3.8, 4) is 0 Å². The zero-order chi connectivity index (χ0) is 15.5. The zero-order valence-electron chi connectivity index (χ0n) is 13.1. The van der Waals surface area contributed by atoms with E-state index in [1.54, 1.807) is 12.1 Å². The third-order valence-electron chi connectivity index (χ3n) is 4.78. The number of rotatable bonds is 5. The molecule has 3 unspecified atom stereocenters. The van der Waals surface area contributed by atoms with Crippen molar-refractivity contribution in [1.29, 1.82) is 0 Å². The molecule has 2 rings (SSSR count). The molecule has 3 nitrogen and oxygen atoms in total. The number of benzene rings is 1. The normalized spacial score (nSPS) is 26.7. The molecule has 1 fully saturated rings. The molecule has 1 saturated carbocycles. The van der Waals surface area contributed by atoms with E-state index < -0.39 is 9.84 Å². The van der Waals surface area contributed by atoms with Gasteiger partial charge in [-0.3, -0.25) is 0 Å². The fourth-order valence-corrected chi connectivity index (χ4v) is 5.64. The minimum Gasteiger partial charge on any atom is -0.330 e. The Morgan fingerprint density at radius 2 is 1.86 bits per heavy atom. The van der Waals surface area contributed by atoms with Crippen molar-refractivity contribution in [2.24, 2.45) is 17.6 Å². The Morgan fingerprint density at radius 3 is 2.43 bits per heavy atom. The van der Waals surface area contributed by atoms with Crippen LogP contribution in [0.4, 0.5) is 0 Å². The molecule has 21 heavy (non-hydrogen) atoms. The van der Waals surface area contributed by atoms with Gasteiger partial charge in [-0.15, -0.1) is 0 Å². The molecule has 0 aromatic heterocycles. The van der Waals surface area contributed by atoms with Crippen LogP contribution in [0.25, 0.3) is 0 Å². The Morgan fingerprint density at radius 1 is 1.19 bits per heavy atom. The summed E-state index contributed by atoms with van der Waals surface area (Å²) in [7, 11) is -3.27. The Labute approximate surface area is 128 Å². The lowest BCUT2D eigenvalue weighted by Crippen LogP contribution is -2.39. The molecular formula is C17H27NO2S. The van der Waals surface area contributed by atoms with Gasteiger partial charge in [0.15, 0.2) is 9.84 Å². The van der Waals surface area contributed by atoms with E-state index in [1.807, 2.05) is 19.1 Å². The maximum absolute atomic E-state index is 13.0. The Hall–Kier alpha value is -0.870. The second-order valence-electron chi connectivity index (χ2n) is 6.36. The van der Waals surface area contributed by atoms with E-state index in [1.165, 1.54) is 0 Å². The van der Waals surface area contributed by atoms with E-state index in [0.717, 1.165) is 37.7 Å². The minimum absolute atomic E-state index is 0.101. The predicted octanol–water partition coefficient (Wildman–Crippen LogP) is 3.31. The minimum atomic E-state index is -3.27. The third-order valence-corrected chi connectivity index (χ3v) is 7.09. The molecule has 0 saturated heterocycles. The number of nitrogens with two attached hydrogens (primary N) is 1. The van der Waals surface area contributed by atoms with Crippen molar-refractivity contribution < 1.29 is 8.42 Å². The maximum atomic E-state index is 13.0. The highest BCUT2D eigenvalue weighted by Gasteiger charge is 2.38. The molecule has 0 radical (unpaired) electrons. The largest absolute Gasteiger partial charge is 0.330 e. The Bertz CT molecular complexity index is 551. The van der Waals surface area contributed by atoms with E-state index in [-0.39, 0.29) is 11.2 Å². The van der Waals surface area contributed by atoms with E-state index in [4.69, 9.17) is 5.73 Å². The average molecular weight is 309 g/mol. The summed E-state index contributed by atoms with van der Waals surface area (Å²) < 4.78 is 25.9. The van der Waals surface area contributed by atoms with Crippen LogP contribution in [0, 0.1) is 18.8 Å². The van der Waals surface area contributed by atoms with Crippen LogP contribution < -0.4 is 5.73 Å². The lowest BCUT2D eigenvalue weighted by atomic mass is 9.80. The van der Waals surface area contributed by atoms with Crippen LogP contribution >= 0.6 is 0 Å². The first-order chi connectivity index (χ1) is 9.98. The van der Waals surface area contributed by atoms with Crippen LogP contribution in [-0.4, -0.2) is 20.2 Å². The van der Waals surface area contributed by atoms with E-state index in [9.17, 15) is 8.42 Å². The van der Waals surface area contributed by atoms with Crippen LogP contribution in [0.15, 0.2) is 29.2 Å². The lowest BCUT2D eigenvalue weighted by molar-refractivity contribution is 0.268. The molecule has 118 valence electrons. The van der Waals surface area contributed by atoms with Crippen molar-refractivity contribution in [2.45, 2.75) is 56.1 Å². The summed E-state index contributed by atoms with van der Waals surface area (Å²) in [5.74, 6) is 0.632. The van der Waals surface area contributed by atoms with E-state index >= 15 is 0 Å². The van der Waals surface area contributed by atoms with E-state index in [0.29, 0.717) is 17.4 Å². The third kappa shape index (κ3) is 3.67. The Balaban J connectivity index is 2.28. The van der Waals surface area contributed by atoms with Crippen molar-refractivity contribution >= 4 is 9.84 Å². The topological polar surface area (TPSA) is 60.2 Å². The monoisotopic (exact) mass is 309 g/mol. The summed E-state index contributed by atoms with van der Waals surface area (Å²) in [6, 6.07) is 7.22. The van der Waals surface area contributed by atoms with Gasteiger partial charge in [0.1, 0.15) is 0 Å². The molecule has 0 spiro atoms. The van der Waals surface area contributed by atoms with Gasteiger partial charge in [0.25, 0.3) is 0 Å². The van der Waals surface area contributed by atoms with Crippen molar-refractivity contribution in [3.63, 3.8) is 0 Å². The quantitative estimate of drug-likeness (QED) is 0.907. The van der Waals surface area contributed by atoms with Crippen molar-refractivity contribution in [2.75, 3.05) is 6.54 Å². The van der Waals surface area contributed by atoms with Crippen LogP contribution in [0.2, 0.25) is 0 Å². The number of hydrogen-bond acceptors (Lipinski definition) is 3. The molecule has 0 bridgehead atoms. The van der Waals surface area contributed by atoms with Gasteiger partial charge >= 0.3 is 0 Å². The van der Waals surface area contributed by atoms with Gasteiger partial charge in [0.2, 0.25) is 0 Å². The maximum Gasteiger partial charge on any atom is 0.181 e. The Kier molecular flexibility index (Phi) is 5.44. The molecule has 3 atom stereocenters. The first kappa shape index (κ1) is 16.5. The average Bonchev–Trinajstić information content (AvgIpc) is 2.48. The SMILES string of the molecule is CCCC1CCC(CN)C(S(=O)(=O)c2ccc(C)cc2)C1. The molecule has 0 amide bonds. The zero-order valence-corrected chi connectivity index (χ0v) is 13.9. The van der Waals surface area contributed by atoms with Crippen molar-refractivity contribution in [3.05, 3.63) is 29.8 Å². The lowest BCUT2D eigenvalue weighted by Gasteiger charge is -2.35. The molecule has 0 aliphatic heterocycles. The molecule has 1 aromatic carbocycles.